The summed E-state index contributed by atoms with van der Waals surface area (Å²) in [5.41, 5.74) is 7.79. The van der Waals surface area contributed by atoms with Crippen LogP contribution in [-0.2, 0) is 4.74 Å². The van der Waals surface area contributed by atoms with Gasteiger partial charge in [-0.05, 0) is 25.1 Å². The molecule has 0 radical (unpaired) electrons. The summed E-state index contributed by atoms with van der Waals surface area (Å²) in [7, 11) is 1.67. The lowest BCUT2D eigenvalue weighted by molar-refractivity contribution is 0.205. The van der Waals surface area contributed by atoms with Crippen LogP contribution in [0.4, 0.5) is 11.4 Å². The van der Waals surface area contributed by atoms with Gasteiger partial charge in [0.15, 0.2) is 0 Å². The van der Waals surface area contributed by atoms with Crippen molar-refractivity contribution in [2.45, 2.75) is 6.92 Å². The van der Waals surface area contributed by atoms with Crippen LogP contribution in [0, 0.1) is 11.3 Å². The first-order valence-electron chi connectivity index (χ1n) is 5.26. The molecule has 0 saturated heterocycles. The third-order valence-corrected chi connectivity index (χ3v) is 2.43. The summed E-state index contributed by atoms with van der Waals surface area (Å²) in [6, 6.07) is 7.56. The summed E-state index contributed by atoms with van der Waals surface area (Å²) >= 11 is 0. The molecular weight excluding hydrogens is 202 g/mol. The fraction of sp³-hybridized carbons (Fsp3) is 0.417. The molecule has 0 aliphatic rings. The van der Waals surface area contributed by atoms with Gasteiger partial charge in [-0.15, -0.1) is 0 Å². The van der Waals surface area contributed by atoms with Gasteiger partial charge in [-0.1, -0.05) is 0 Å². The third kappa shape index (κ3) is 2.88. The van der Waals surface area contributed by atoms with Gasteiger partial charge >= 0.3 is 0 Å². The van der Waals surface area contributed by atoms with Crippen LogP contribution < -0.4 is 10.6 Å². The zero-order valence-corrected chi connectivity index (χ0v) is 9.73. The number of nitriles is 1. The highest BCUT2D eigenvalue weighted by Gasteiger charge is 2.09. The summed E-state index contributed by atoms with van der Waals surface area (Å²) in [4.78, 5) is 2.10. The van der Waals surface area contributed by atoms with E-state index in [4.69, 9.17) is 15.7 Å². The average molecular weight is 219 g/mol. The van der Waals surface area contributed by atoms with Gasteiger partial charge in [0.2, 0.25) is 0 Å². The van der Waals surface area contributed by atoms with Crippen LogP contribution in [0.1, 0.15) is 12.5 Å². The second-order valence-corrected chi connectivity index (χ2v) is 3.46. The molecule has 0 saturated carbocycles. The van der Waals surface area contributed by atoms with E-state index in [1.165, 1.54) is 0 Å². The summed E-state index contributed by atoms with van der Waals surface area (Å²) in [6.07, 6.45) is 0. The van der Waals surface area contributed by atoms with Gasteiger partial charge in [0.25, 0.3) is 0 Å². The minimum absolute atomic E-state index is 0.609. The number of hydrogen-bond donors (Lipinski definition) is 1. The Morgan fingerprint density at radius 3 is 2.81 bits per heavy atom. The molecule has 0 spiro atoms. The van der Waals surface area contributed by atoms with E-state index in [0.717, 1.165) is 18.8 Å². The second-order valence-electron chi connectivity index (χ2n) is 3.46. The molecule has 1 aromatic carbocycles. The zero-order valence-electron chi connectivity index (χ0n) is 9.73. The molecular formula is C12H17N3O. The Labute approximate surface area is 96.2 Å². The van der Waals surface area contributed by atoms with Crippen LogP contribution in [-0.4, -0.2) is 26.8 Å². The molecule has 0 aliphatic carbocycles. The first kappa shape index (κ1) is 12.3. The number of nitrogen functional groups attached to an aromatic ring is 1. The Balaban J connectivity index is 2.96. The molecule has 16 heavy (non-hydrogen) atoms. The van der Waals surface area contributed by atoms with Gasteiger partial charge in [0.05, 0.1) is 17.9 Å². The van der Waals surface area contributed by atoms with Crippen molar-refractivity contribution < 1.29 is 4.74 Å². The maximum absolute atomic E-state index is 9.05. The van der Waals surface area contributed by atoms with Gasteiger partial charge in [-0.25, -0.2) is 0 Å². The number of rotatable bonds is 5. The molecule has 0 aliphatic heterocycles. The van der Waals surface area contributed by atoms with E-state index in [1.807, 2.05) is 19.1 Å². The Hall–Kier alpha value is -1.73. The van der Waals surface area contributed by atoms with Crippen LogP contribution in [0.3, 0.4) is 0 Å². The predicted molar refractivity (Wildman–Crippen MR) is 65.3 cm³/mol. The van der Waals surface area contributed by atoms with Crippen LogP contribution in [0.2, 0.25) is 0 Å². The Morgan fingerprint density at radius 2 is 2.25 bits per heavy atom. The Bertz CT molecular complexity index is 384. The molecule has 2 N–H and O–H groups in total. The summed E-state index contributed by atoms with van der Waals surface area (Å²) in [6.45, 7) is 4.30. The number of ether oxygens (including phenoxy) is 1. The molecule has 0 unspecified atom stereocenters. The van der Waals surface area contributed by atoms with Crippen molar-refractivity contribution in [3.8, 4) is 6.07 Å². The molecule has 0 fully saturated rings. The fourth-order valence-electron chi connectivity index (χ4n) is 1.57. The second kappa shape index (κ2) is 5.99. The maximum Gasteiger partial charge on any atom is 0.101 e. The predicted octanol–water partition coefficient (Wildman–Crippen LogP) is 1.61. The van der Waals surface area contributed by atoms with Gasteiger partial charge in [0, 0.05) is 25.9 Å². The van der Waals surface area contributed by atoms with E-state index < -0.39 is 0 Å². The highest BCUT2D eigenvalue weighted by molar-refractivity contribution is 5.64. The molecule has 86 valence electrons. The van der Waals surface area contributed by atoms with Gasteiger partial charge in [0.1, 0.15) is 6.07 Å². The van der Waals surface area contributed by atoms with Gasteiger partial charge in [-0.3, -0.25) is 0 Å². The van der Waals surface area contributed by atoms with Crippen LogP contribution >= 0.6 is 0 Å². The molecule has 0 atom stereocenters. The summed E-state index contributed by atoms with van der Waals surface area (Å²) in [5.74, 6) is 0. The zero-order chi connectivity index (χ0) is 12.0. The van der Waals surface area contributed by atoms with Crippen LogP contribution in [0.5, 0.6) is 0 Å². The van der Waals surface area contributed by atoms with E-state index in [0.29, 0.717) is 17.9 Å². The average Bonchev–Trinajstić information content (AvgIpc) is 2.31. The number of hydrogen-bond acceptors (Lipinski definition) is 4. The first-order valence-corrected chi connectivity index (χ1v) is 5.26. The molecule has 0 amide bonds. The van der Waals surface area contributed by atoms with Gasteiger partial charge in [-0.2, -0.15) is 5.26 Å². The topological polar surface area (TPSA) is 62.3 Å². The van der Waals surface area contributed by atoms with Crippen molar-refractivity contribution in [1.82, 2.24) is 0 Å². The highest BCUT2D eigenvalue weighted by atomic mass is 16.5. The molecule has 4 heteroatoms. The fourth-order valence-corrected chi connectivity index (χ4v) is 1.57. The highest BCUT2D eigenvalue weighted by Crippen LogP contribution is 2.22. The normalized spacial score (nSPS) is 9.81. The minimum Gasteiger partial charge on any atom is -0.399 e. The first-order chi connectivity index (χ1) is 7.72. The van der Waals surface area contributed by atoms with Crippen LogP contribution in [0.15, 0.2) is 18.2 Å². The lowest BCUT2D eigenvalue weighted by Gasteiger charge is -2.23. The standard InChI is InChI=1S/C12H17N3O/c1-3-15(6-7-16-2)12-5-4-11(14)8-10(12)9-13/h4-5,8H,3,6-7,14H2,1-2H3. The van der Waals surface area contributed by atoms with E-state index in [9.17, 15) is 0 Å². The van der Waals surface area contributed by atoms with E-state index in [2.05, 4.69) is 11.0 Å². The van der Waals surface area contributed by atoms with Crippen molar-refractivity contribution in [1.29, 1.82) is 5.26 Å². The van der Waals surface area contributed by atoms with Crippen molar-refractivity contribution >= 4 is 11.4 Å². The van der Waals surface area contributed by atoms with Crippen molar-refractivity contribution in [2.24, 2.45) is 0 Å². The lowest BCUT2D eigenvalue weighted by atomic mass is 10.1. The van der Waals surface area contributed by atoms with Crippen LogP contribution in [0.25, 0.3) is 0 Å². The summed E-state index contributed by atoms with van der Waals surface area (Å²) < 4.78 is 5.04. The van der Waals surface area contributed by atoms with E-state index in [-0.39, 0.29) is 0 Å². The van der Waals surface area contributed by atoms with Gasteiger partial charge < -0.3 is 15.4 Å². The molecule has 1 aromatic rings. The largest absolute Gasteiger partial charge is 0.399 e. The number of methoxy groups -OCH3 is 1. The summed E-state index contributed by atoms with van der Waals surface area (Å²) in [5, 5.41) is 9.05. The minimum atomic E-state index is 0.609. The van der Waals surface area contributed by atoms with Crippen molar-refractivity contribution in [2.75, 3.05) is 37.4 Å². The molecule has 4 nitrogen and oxygen atoms in total. The molecule has 0 heterocycles. The van der Waals surface area contributed by atoms with Crippen molar-refractivity contribution in [3.05, 3.63) is 23.8 Å². The number of likely N-dealkylation sites (N-methyl/N-ethyl adjacent to an activating group) is 1. The molecule has 1 rings (SSSR count). The van der Waals surface area contributed by atoms with E-state index in [1.54, 1.807) is 13.2 Å². The quantitative estimate of drug-likeness (QED) is 0.764. The number of anilines is 2. The number of nitrogens with zero attached hydrogens (tertiary/aromatic N) is 2. The molecule has 0 aromatic heterocycles. The smallest absolute Gasteiger partial charge is 0.101 e. The molecule has 0 bridgehead atoms. The third-order valence-electron chi connectivity index (χ3n) is 2.43. The van der Waals surface area contributed by atoms with Crippen molar-refractivity contribution in [3.63, 3.8) is 0 Å². The maximum atomic E-state index is 9.05. The Morgan fingerprint density at radius 1 is 1.50 bits per heavy atom. The monoisotopic (exact) mass is 219 g/mol. The lowest BCUT2D eigenvalue weighted by Crippen LogP contribution is -2.27. The number of nitrogens with two attached hydrogens (primary N) is 1. The SMILES string of the molecule is CCN(CCOC)c1ccc(N)cc1C#N. The number of benzene rings is 1. The van der Waals surface area contributed by atoms with E-state index >= 15 is 0 Å². The Kier molecular flexibility index (Phi) is 4.62.